The number of alkyl halides is 1. The fraction of sp³-hybridized carbons (Fsp3) is 1.00. The number of nitrogens with one attached hydrogen (secondary N) is 1. The molecule has 0 amide bonds. The molecule has 3 saturated carbocycles. The molecule has 0 aromatic heterocycles. The molecule has 0 aromatic rings. The zero-order valence-corrected chi connectivity index (χ0v) is 9.92. The van der Waals surface area contributed by atoms with Gasteiger partial charge in [-0.25, -0.2) is 4.39 Å². The molecule has 4 rings (SSSR count). The highest BCUT2D eigenvalue weighted by Crippen LogP contribution is 2.76. The van der Waals surface area contributed by atoms with Crippen molar-refractivity contribution in [1.82, 2.24) is 5.32 Å². The molecule has 3 atom stereocenters. The van der Waals surface area contributed by atoms with Gasteiger partial charge in [0, 0.05) is 6.54 Å². The molecule has 1 aliphatic heterocycles. The van der Waals surface area contributed by atoms with Crippen LogP contribution in [0.3, 0.4) is 0 Å². The summed E-state index contributed by atoms with van der Waals surface area (Å²) in [7, 11) is 0. The summed E-state index contributed by atoms with van der Waals surface area (Å²) in [5.41, 5.74) is 0.659. The average molecular weight is 223 g/mol. The fourth-order valence-corrected chi connectivity index (χ4v) is 5.61. The van der Waals surface area contributed by atoms with Crippen molar-refractivity contribution >= 4 is 0 Å². The summed E-state index contributed by atoms with van der Waals surface area (Å²) in [4.78, 5) is 0. The molecule has 4 fully saturated rings. The first-order valence-corrected chi connectivity index (χ1v) is 7.17. The Labute approximate surface area is 97.2 Å². The number of rotatable bonds is 1. The molecular weight excluding hydrogens is 201 g/mol. The van der Waals surface area contributed by atoms with E-state index in [1.807, 2.05) is 0 Å². The lowest BCUT2D eigenvalue weighted by Gasteiger charge is -2.29. The SMILES string of the molecule is F[C@H]1CNCC[C@@H]1C1CC12C1CCC2CC1. The normalized spacial score (nSPS) is 59.4. The van der Waals surface area contributed by atoms with E-state index in [1.54, 1.807) is 0 Å². The minimum absolute atomic E-state index is 0.405. The molecular formula is C14H22FN. The topological polar surface area (TPSA) is 12.0 Å². The molecule has 1 N–H and O–H groups in total. The lowest BCUT2D eigenvalue weighted by molar-refractivity contribution is 0.135. The van der Waals surface area contributed by atoms with Crippen LogP contribution in [0.15, 0.2) is 0 Å². The second kappa shape index (κ2) is 3.22. The van der Waals surface area contributed by atoms with E-state index in [4.69, 9.17) is 0 Å². The van der Waals surface area contributed by atoms with Gasteiger partial charge in [-0.2, -0.15) is 0 Å². The Bertz CT molecular complexity index is 283. The third kappa shape index (κ3) is 1.10. The highest BCUT2D eigenvalue weighted by molar-refractivity contribution is 5.18. The molecule has 1 spiro atoms. The maximum absolute atomic E-state index is 14.0. The van der Waals surface area contributed by atoms with Crippen LogP contribution in [0.2, 0.25) is 0 Å². The Morgan fingerprint density at radius 3 is 2.31 bits per heavy atom. The molecule has 1 saturated heterocycles. The van der Waals surface area contributed by atoms with Gasteiger partial charge >= 0.3 is 0 Å². The first-order valence-electron chi connectivity index (χ1n) is 7.17. The van der Waals surface area contributed by atoms with Gasteiger partial charge in [-0.05, 0) is 74.2 Å². The Morgan fingerprint density at radius 1 is 1.00 bits per heavy atom. The van der Waals surface area contributed by atoms with E-state index in [9.17, 15) is 4.39 Å². The van der Waals surface area contributed by atoms with Crippen LogP contribution >= 0.6 is 0 Å². The maximum atomic E-state index is 14.0. The second-order valence-electron chi connectivity index (χ2n) is 6.64. The van der Waals surface area contributed by atoms with Crippen LogP contribution in [0.25, 0.3) is 0 Å². The molecule has 0 radical (unpaired) electrons. The van der Waals surface area contributed by atoms with E-state index in [0.717, 1.165) is 30.7 Å². The highest BCUT2D eigenvalue weighted by atomic mass is 19.1. The van der Waals surface area contributed by atoms with Crippen LogP contribution < -0.4 is 5.32 Å². The summed E-state index contributed by atoms with van der Waals surface area (Å²) in [6, 6.07) is 0. The second-order valence-corrected chi connectivity index (χ2v) is 6.64. The van der Waals surface area contributed by atoms with Crippen LogP contribution in [-0.2, 0) is 0 Å². The summed E-state index contributed by atoms with van der Waals surface area (Å²) >= 11 is 0. The number of hydrogen-bond acceptors (Lipinski definition) is 1. The van der Waals surface area contributed by atoms with Gasteiger partial charge in [0.25, 0.3) is 0 Å². The van der Waals surface area contributed by atoms with Gasteiger partial charge in [-0.1, -0.05) is 0 Å². The van der Waals surface area contributed by atoms with E-state index >= 15 is 0 Å². The van der Waals surface area contributed by atoms with E-state index in [1.165, 1.54) is 32.1 Å². The van der Waals surface area contributed by atoms with Crippen molar-refractivity contribution in [2.45, 2.75) is 44.7 Å². The molecule has 2 bridgehead atoms. The van der Waals surface area contributed by atoms with Gasteiger partial charge in [0.05, 0.1) is 0 Å². The Hall–Kier alpha value is -0.110. The summed E-state index contributed by atoms with van der Waals surface area (Å²) in [6.07, 6.45) is 7.76. The Balaban J connectivity index is 1.55. The third-order valence-electron chi connectivity index (χ3n) is 6.33. The summed E-state index contributed by atoms with van der Waals surface area (Å²) in [5.74, 6) is 3.15. The van der Waals surface area contributed by atoms with Crippen LogP contribution in [0.4, 0.5) is 4.39 Å². The van der Waals surface area contributed by atoms with E-state index < -0.39 is 6.17 Å². The third-order valence-corrected chi connectivity index (χ3v) is 6.33. The van der Waals surface area contributed by atoms with Crippen molar-refractivity contribution in [2.24, 2.45) is 29.1 Å². The van der Waals surface area contributed by atoms with Crippen molar-refractivity contribution in [1.29, 1.82) is 0 Å². The van der Waals surface area contributed by atoms with Crippen molar-refractivity contribution < 1.29 is 4.39 Å². The van der Waals surface area contributed by atoms with Crippen LogP contribution in [0.1, 0.15) is 38.5 Å². The molecule has 1 heterocycles. The van der Waals surface area contributed by atoms with Gasteiger partial charge in [0.2, 0.25) is 0 Å². The predicted molar refractivity (Wildman–Crippen MR) is 61.9 cm³/mol. The van der Waals surface area contributed by atoms with Gasteiger partial charge in [0.15, 0.2) is 0 Å². The zero-order chi connectivity index (χ0) is 10.8. The molecule has 1 nitrogen and oxygen atoms in total. The largest absolute Gasteiger partial charge is 0.314 e. The van der Waals surface area contributed by atoms with E-state index in [2.05, 4.69) is 5.32 Å². The minimum atomic E-state index is -0.557. The molecule has 2 heteroatoms. The lowest BCUT2D eigenvalue weighted by atomic mass is 9.82. The molecule has 4 aliphatic rings. The molecule has 1 unspecified atom stereocenters. The van der Waals surface area contributed by atoms with Crippen molar-refractivity contribution in [3.63, 3.8) is 0 Å². The highest BCUT2D eigenvalue weighted by Gasteiger charge is 2.69. The summed E-state index contributed by atoms with van der Waals surface area (Å²) in [6.45, 7) is 1.67. The van der Waals surface area contributed by atoms with E-state index in [-0.39, 0.29) is 0 Å². The fourth-order valence-electron chi connectivity index (χ4n) is 5.61. The molecule has 90 valence electrons. The number of halogens is 1. The van der Waals surface area contributed by atoms with Crippen molar-refractivity contribution in [3.8, 4) is 0 Å². The monoisotopic (exact) mass is 223 g/mol. The number of hydrogen-bond donors (Lipinski definition) is 1. The standard InChI is InChI=1S/C14H22FN/c15-13-8-16-6-5-11(13)12-7-14(12)9-1-2-10(14)4-3-9/h9-13,16H,1-8H2/t9?,10?,11-,12?,13+,14?/m1/s1. The summed E-state index contributed by atoms with van der Waals surface area (Å²) < 4.78 is 14.0. The zero-order valence-electron chi connectivity index (χ0n) is 9.92. The van der Waals surface area contributed by atoms with Crippen molar-refractivity contribution in [2.75, 3.05) is 13.1 Å². The van der Waals surface area contributed by atoms with Gasteiger partial charge in [-0.15, -0.1) is 0 Å². The van der Waals surface area contributed by atoms with Gasteiger partial charge < -0.3 is 5.32 Å². The van der Waals surface area contributed by atoms with Gasteiger partial charge in [-0.3, -0.25) is 0 Å². The lowest BCUT2D eigenvalue weighted by Crippen LogP contribution is -2.40. The van der Waals surface area contributed by atoms with Crippen molar-refractivity contribution in [3.05, 3.63) is 0 Å². The number of piperidine rings is 1. The van der Waals surface area contributed by atoms with E-state index in [0.29, 0.717) is 17.9 Å². The van der Waals surface area contributed by atoms with Crippen LogP contribution in [0.5, 0.6) is 0 Å². The first-order chi connectivity index (χ1) is 7.82. The van der Waals surface area contributed by atoms with Crippen LogP contribution in [0, 0.1) is 29.1 Å². The smallest absolute Gasteiger partial charge is 0.116 e. The molecule has 3 aliphatic carbocycles. The first kappa shape index (κ1) is 9.87. The molecule has 0 aromatic carbocycles. The Morgan fingerprint density at radius 2 is 1.69 bits per heavy atom. The predicted octanol–water partition coefficient (Wildman–Crippen LogP) is 2.76. The Kier molecular flexibility index (Phi) is 1.98. The van der Waals surface area contributed by atoms with Crippen LogP contribution in [-0.4, -0.2) is 19.3 Å². The maximum Gasteiger partial charge on any atom is 0.116 e. The minimum Gasteiger partial charge on any atom is -0.314 e. The summed E-state index contributed by atoms with van der Waals surface area (Å²) in [5, 5.41) is 3.19. The quantitative estimate of drug-likeness (QED) is 0.721. The average Bonchev–Trinajstić information content (AvgIpc) is 2.85. The molecule has 16 heavy (non-hydrogen) atoms. The van der Waals surface area contributed by atoms with Gasteiger partial charge in [0.1, 0.15) is 6.17 Å².